The van der Waals surface area contributed by atoms with Crippen molar-refractivity contribution in [1.29, 1.82) is 0 Å². The largest absolute Gasteiger partial charge is 0.507 e. The Kier molecular flexibility index (Phi) is 8.38. The molecule has 0 radical (unpaired) electrons. The van der Waals surface area contributed by atoms with E-state index in [1.807, 2.05) is 44.2 Å². The molecule has 2 aromatic carbocycles. The number of carbonyl (C=O) groups is 1. The lowest BCUT2D eigenvalue weighted by Crippen LogP contribution is -2.31. The molecule has 0 fully saturated rings. The second kappa shape index (κ2) is 11.7. The number of ether oxygens (including phenoxy) is 2. The summed E-state index contributed by atoms with van der Waals surface area (Å²) in [6.07, 6.45) is 4.90. The van der Waals surface area contributed by atoms with Crippen molar-refractivity contribution in [2.24, 2.45) is 0 Å². The lowest BCUT2D eigenvalue weighted by Gasteiger charge is -2.27. The molecule has 0 saturated heterocycles. The molecule has 8 heteroatoms. The van der Waals surface area contributed by atoms with E-state index in [0.29, 0.717) is 53.6 Å². The van der Waals surface area contributed by atoms with Crippen LogP contribution in [0.5, 0.6) is 17.2 Å². The standard InChI is InChI=1S/C29H37N3O5/c1-5-6-7-8-14-37-22-11-10-20(17-23(22)36-4)27-24-25(21-16-18(2)15-19(3)28(21)34)30-31-26(24)29(35)32(27)12-9-13-33/h10-11,15-17,27,33-34H,5-9,12-14H2,1-4H3,(H,30,31). The quantitative estimate of drug-likeness (QED) is 0.287. The fourth-order valence-corrected chi connectivity index (χ4v) is 5.05. The van der Waals surface area contributed by atoms with Crippen molar-refractivity contribution in [2.45, 2.75) is 58.9 Å². The molecule has 1 aliphatic rings. The normalized spacial score (nSPS) is 14.8. The van der Waals surface area contributed by atoms with Crippen LogP contribution in [0.3, 0.4) is 0 Å². The fraction of sp³-hybridized carbons (Fsp3) is 0.448. The van der Waals surface area contributed by atoms with Gasteiger partial charge in [0.2, 0.25) is 0 Å². The molecule has 1 atom stereocenters. The van der Waals surface area contributed by atoms with Gasteiger partial charge >= 0.3 is 0 Å². The molecule has 3 aromatic rings. The summed E-state index contributed by atoms with van der Waals surface area (Å²) in [6.45, 7) is 6.95. The van der Waals surface area contributed by atoms with Crippen LogP contribution >= 0.6 is 0 Å². The lowest BCUT2D eigenvalue weighted by molar-refractivity contribution is 0.0732. The van der Waals surface area contributed by atoms with E-state index in [1.165, 1.54) is 12.8 Å². The van der Waals surface area contributed by atoms with Crippen molar-refractivity contribution in [1.82, 2.24) is 15.1 Å². The number of nitrogens with one attached hydrogen (secondary N) is 1. The maximum Gasteiger partial charge on any atom is 0.273 e. The van der Waals surface area contributed by atoms with Crippen LogP contribution in [0.1, 0.15) is 77.8 Å². The monoisotopic (exact) mass is 507 g/mol. The first kappa shape index (κ1) is 26.5. The molecule has 1 unspecified atom stereocenters. The Labute approximate surface area is 218 Å². The van der Waals surface area contributed by atoms with Crippen LogP contribution in [0.15, 0.2) is 30.3 Å². The van der Waals surface area contributed by atoms with Crippen LogP contribution in [0.25, 0.3) is 11.3 Å². The minimum atomic E-state index is -0.462. The summed E-state index contributed by atoms with van der Waals surface area (Å²) in [5.41, 5.74) is 4.79. The van der Waals surface area contributed by atoms with Crippen LogP contribution in [-0.2, 0) is 0 Å². The van der Waals surface area contributed by atoms with E-state index in [2.05, 4.69) is 17.1 Å². The number of unbranched alkanes of at least 4 members (excludes halogenated alkanes) is 3. The van der Waals surface area contributed by atoms with Crippen LogP contribution in [-0.4, -0.2) is 58.1 Å². The van der Waals surface area contributed by atoms with E-state index in [9.17, 15) is 15.0 Å². The van der Waals surface area contributed by atoms with Crippen molar-refractivity contribution in [2.75, 3.05) is 26.9 Å². The number of aromatic amines is 1. The SMILES string of the molecule is CCCCCCOc1ccc(C2c3c(-c4cc(C)cc(C)c4O)n[nH]c3C(=O)N2CCCO)cc1OC. The minimum Gasteiger partial charge on any atom is -0.507 e. The highest BCUT2D eigenvalue weighted by atomic mass is 16.5. The molecule has 0 bridgehead atoms. The number of methoxy groups -OCH3 is 1. The molecular formula is C29H37N3O5. The molecule has 1 aliphatic heterocycles. The van der Waals surface area contributed by atoms with Gasteiger partial charge in [-0.3, -0.25) is 9.89 Å². The molecule has 0 saturated carbocycles. The summed E-state index contributed by atoms with van der Waals surface area (Å²) in [5, 5.41) is 27.8. The van der Waals surface area contributed by atoms with Gasteiger partial charge in [0.05, 0.1) is 19.8 Å². The Morgan fingerprint density at radius 2 is 1.89 bits per heavy atom. The van der Waals surface area contributed by atoms with Gasteiger partial charge in [0.25, 0.3) is 5.91 Å². The number of benzene rings is 2. The smallest absolute Gasteiger partial charge is 0.273 e. The van der Waals surface area contributed by atoms with E-state index < -0.39 is 6.04 Å². The van der Waals surface area contributed by atoms with Gasteiger partial charge in [-0.25, -0.2) is 0 Å². The highest BCUT2D eigenvalue weighted by molar-refractivity contribution is 6.00. The third kappa shape index (κ3) is 5.30. The number of H-pyrrole nitrogens is 1. The average Bonchev–Trinajstić information content (AvgIpc) is 3.43. The topological polar surface area (TPSA) is 108 Å². The maximum atomic E-state index is 13.5. The first-order chi connectivity index (χ1) is 17.9. The highest BCUT2D eigenvalue weighted by Crippen LogP contribution is 2.46. The summed E-state index contributed by atoms with van der Waals surface area (Å²) >= 11 is 0. The number of amides is 1. The first-order valence-corrected chi connectivity index (χ1v) is 13.0. The maximum absolute atomic E-state index is 13.5. The third-order valence-electron chi connectivity index (χ3n) is 6.88. The van der Waals surface area contributed by atoms with Gasteiger partial charge in [0, 0.05) is 24.3 Å². The van der Waals surface area contributed by atoms with Crippen LogP contribution in [0, 0.1) is 13.8 Å². The van der Waals surface area contributed by atoms with Gasteiger partial charge in [-0.1, -0.05) is 38.3 Å². The number of phenolic OH excluding ortho intramolecular Hbond substituents is 1. The summed E-state index contributed by atoms with van der Waals surface area (Å²) < 4.78 is 11.7. The summed E-state index contributed by atoms with van der Waals surface area (Å²) in [7, 11) is 1.61. The molecule has 1 amide bonds. The third-order valence-corrected chi connectivity index (χ3v) is 6.88. The number of aryl methyl sites for hydroxylation is 2. The number of hydrogen-bond acceptors (Lipinski definition) is 6. The van der Waals surface area contributed by atoms with Gasteiger partial charge in [0.15, 0.2) is 11.5 Å². The molecule has 8 nitrogen and oxygen atoms in total. The summed E-state index contributed by atoms with van der Waals surface area (Å²) in [5.74, 6) is 1.21. The fourth-order valence-electron chi connectivity index (χ4n) is 5.05. The van der Waals surface area contributed by atoms with Crippen LogP contribution < -0.4 is 9.47 Å². The molecule has 1 aromatic heterocycles. The van der Waals surface area contributed by atoms with Crippen molar-refractivity contribution < 1.29 is 24.5 Å². The molecule has 0 spiro atoms. The second-order valence-corrected chi connectivity index (χ2v) is 9.64. The first-order valence-electron chi connectivity index (χ1n) is 13.0. The van der Waals surface area contributed by atoms with Gasteiger partial charge in [-0.2, -0.15) is 5.10 Å². The Morgan fingerprint density at radius 1 is 1.08 bits per heavy atom. The van der Waals surface area contributed by atoms with Gasteiger partial charge in [-0.15, -0.1) is 0 Å². The zero-order valence-electron chi connectivity index (χ0n) is 22.1. The molecular weight excluding hydrogens is 470 g/mol. The van der Waals surface area contributed by atoms with Crippen LogP contribution in [0.2, 0.25) is 0 Å². The minimum absolute atomic E-state index is 0.0263. The van der Waals surface area contributed by atoms with E-state index in [-0.39, 0.29) is 18.3 Å². The summed E-state index contributed by atoms with van der Waals surface area (Å²) in [4.78, 5) is 15.2. The Morgan fingerprint density at radius 3 is 2.62 bits per heavy atom. The van der Waals surface area contributed by atoms with Gasteiger partial charge < -0.3 is 24.6 Å². The molecule has 0 aliphatic carbocycles. The number of phenols is 1. The van der Waals surface area contributed by atoms with Gasteiger partial charge in [-0.05, 0) is 61.6 Å². The number of rotatable bonds is 12. The lowest BCUT2D eigenvalue weighted by atomic mass is 9.94. The summed E-state index contributed by atoms with van der Waals surface area (Å²) in [6, 6.07) is 9.06. The molecule has 37 heavy (non-hydrogen) atoms. The van der Waals surface area contributed by atoms with Crippen molar-refractivity contribution in [3.63, 3.8) is 0 Å². The zero-order valence-corrected chi connectivity index (χ0v) is 22.1. The van der Waals surface area contributed by atoms with Crippen molar-refractivity contribution in [3.05, 3.63) is 58.3 Å². The number of hydrogen-bond donors (Lipinski definition) is 3. The number of aliphatic hydroxyl groups is 1. The van der Waals surface area contributed by atoms with Crippen molar-refractivity contribution >= 4 is 5.91 Å². The predicted octanol–water partition coefficient (Wildman–Crippen LogP) is 5.29. The highest BCUT2D eigenvalue weighted by Gasteiger charge is 2.42. The Bertz CT molecular complexity index is 1250. The molecule has 3 N–H and O–H groups in total. The number of fused-ring (bicyclic) bond motifs is 1. The van der Waals surface area contributed by atoms with Gasteiger partial charge in [0.1, 0.15) is 17.1 Å². The Hall–Kier alpha value is -3.52. The number of aromatic nitrogens is 2. The van der Waals surface area contributed by atoms with E-state index in [4.69, 9.17) is 9.47 Å². The van der Waals surface area contributed by atoms with E-state index in [1.54, 1.807) is 12.0 Å². The number of aromatic hydroxyl groups is 1. The molecule has 4 rings (SSSR count). The van der Waals surface area contributed by atoms with E-state index in [0.717, 1.165) is 29.5 Å². The van der Waals surface area contributed by atoms with E-state index >= 15 is 0 Å². The predicted molar refractivity (Wildman–Crippen MR) is 142 cm³/mol. The number of carbonyl (C=O) groups excluding carboxylic acids is 1. The van der Waals surface area contributed by atoms with Crippen LogP contribution in [0.4, 0.5) is 0 Å². The molecule has 198 valence electrons. The Balaban J connectivity index is 1.75. The number of nitrogens with zero attached hydrogens (tertiary/aromatic N) is 2. The van der Waals surface area contributed by atoms with Crippen molar-refractivity contribution in [3.8, 4) is 28.5 Å². The number of aliphatic hydroxyl groups excluding tert-OH is 1. The average molecular weight is 508 g/mol. The second-order valence-electron chi connectivity index (χ2n) is 9.64. The molecule has 2 heterocycles. The zero-order chi connectivity index (χ0) is 26.5.